The number of nitrogens with two attached hydrogens (primary N) is 1. The van der Waals surface area contributed by atoms with Crippen LogP contribution in [0.2, 0.25) is 0 Å². The Morgan fingerprint density at radius 3 is 2.90 bits per heavy atom. The van der Waals surface area contributed by atoms with Gasteiger partial charge in [-0.05, 0) is 24.1 Å². The van der Waals surface area contributed by atoms with Gasteiger partial charge in [0.05, 0.1) is 6.04 Å². The van der Waals surface area contributed by atoms with Crippen molar-refractivity contribution in [2.75, 3.05) is 23.3 Å². The van der Waals surface area contributed by atoms with Gasteiger partial charge in [-0.1, -0.05) is 26.3 Å². The molecular formula is C15H22N4O2. The Morgan fingerprint density at radius 1 is 1.52 bits per heavy atom. The van der Waals surface area contributed by atoms with Crippen molar-refractivity contribution in [1.82, 2.24) is 5.32 Å². The molecule has 0 radical (unpaired) electrons. The second-order valence-electron chi connectivity index (χ2n) is 5.33. The van der Waals surface area contributed by atoms with Crippen molar-refractivity contribution < 1.29 is 9.59 Å². The van der Waals surface area contributed by atoms with E-state index in [0.717, 1.165) is 12.1 Å². The van der Waals surface area contributed by atoms with E-state index in [1.807, 2.05) is 26.0 Å². The van der Waals surface area contributed by atoms with Gasteiger partial charge >= 0.3 is 6.03 Å². The average Bonchev–Trinajstić information content (AvgIpc) is 2.92. The molecule has 1 aromatic rings. The topological polar surface area (TPSA) is 87.5 Å². The fraction of sp³-hybridized carbons (Fsp3) is 0.467. The molecule has 6 heteroatoms. The van der Waals surface area contributed by atoms with Crippen LogP contribution in [-0.4, -0.2) is 31.1 Å². The first-order valence-corrected chi connectivity index (χ1v) is 7.24. The molecule has 0 aliphatic carbocycles. The summed E-state index contributed by atoms with van der Waals surface area (Å²) in [5.74, 6) is -0.0788. The lowest BCUT2D eigenvalue weighted by atomic mass is 9.99. The van der Waals surface area contributed by atoms with Crippen molar-refractivity contribution >= 4 is 23.3 Å². The highest BCUT2D eigenvalue weighted by atomic mass is 16.2. The molecule has 3 amide bonds. The van der Waals surface area contributed by atoms with E-state index in [1.165, 1.54) is 0 Å². The third-order valence-electron chi connectivity index (χ3n) is 3.84. The van der Waals surface area contributed by atoms with Gasteiger partial charge < -0.3 is 16.4 Å². The summed E-state index contributed by atoms with van der Waals surface area (Å²) < 4.78 is 0. The molecule has 1 fully saturated rings. The number of hydrogen-bond donors (Lipinski definition) is 3. The largest absolute Gasteiger partial charge is 0.336 e. The number of carbonyl (C=O) groups excluding carboxylic acids is 2. The van der Waals surface area contributed by atoms with Crippen LogP contribution in [0.25, 0.3) is 0 Å². The fourth-order valence-corrected chi connectivity index (χ4v) is 2.21. The summed E-state index contributed by atoms with van der Waals surface area (Å²) >= 11 is 0. The second kappa shape index (κ2) is 6.58. The van der Waals surface area contributed by atoms with Crippen molar-refractivity contribution in [2.24, 2.45) is 11.7 Å². The third kappa shape index (κ3) is 3.52. The van der Waals surface area contributed by atoms with Crippen molar-refractivity contribution in [3.05, 3.63) is 24.3 Å². The SMILES string of the molecule is CCC(C)C(N)C(=O)Nc1cccc(N2CCNC2=O)c1. The van der Waals surface area contributed by atoms with E-state index < -0.39 is 6.04 Å². The molecule has 1 heterocycles. The van der Waals surface area contributed by atoms with Crippen LogP contribution in [-0.2, 0) is 4.79 Å². The zero-order valence-electron chi connectivity index (χ0n) is 12.4. The summed E-state index contributed by atoms with van der Waals surface area (Å²) in [6, 6.07) is 6.58. The number of urea groups is 1. The van der Waals surface area contributed by atoms with Crippen LogP contribution >= 0.6 is 0 Å². The van der Waals surface area contributed by atoms with Gasteiger partial charge in [0.15, 0.2) is 0 Å². The number of rotatable bonds is 5. The number of nitrogens with zero attached hydrogens (tertiary/aromatic N) is 1. The Balaban J connectivity index is 2.07. The lowest BCUT2D eigenvalue weighted by Crippen LogP contribution is -2.40. The number of carbonyl (C=O) groups is 2. The summed E-state index contributed by atoms with van der Waals surface area (Å²) in [7, 11) is 0. The maximum absolute atomic E-state index is 12.1. The van der Waals surface area contributed by atoms with Crippen LogP contribution in [0.15, 0.2) is 24.3 Å². The maximum atomic E-state index is 12.1. The van der Waals surface area contributed by atoms with Gasteiger partial charge in [0.1, 0.15) is 0 Å². The minimum atomic E-state index is -0.534. The number of anilines is 2. The van der Waals surface area contributed by atoms with Crippen LogP contribution in [0, 0.1) is 5.92 Å². The fourth-order valence-electron chi connectivity index (χ4n) is 2.21. The minimum Gasteiger partial charge on any atom is -0.336 e. The molecule has 1 aromatic carbocycles. The van der Waals surface area contributed by atoms with Crippen molar-refractivity contribution in [2.45, 2.75) is 26.3 Å². The van der Waals surface area contributed by atoms with E-state index >= 15 is 0 Å². The molecule has 0 spiro atoms. The lowest BCUT2D eigenvalue weighted by Gasteiger charge is -2.19. The highest BCUT2D eigenvalue weighted by Gasteiger charge is 2.22. The Kier molecular flexibility index (Phi) is 4.80. The van der Waals surface area contributed by atoms with Gasteiger partial charge in [-0.2, -0.15) is 0 Å². The predicted molar refractivity (Wildman–Crippen MR) is 83.2 cm³/mol. The smallest absolute Gasteiger partial charge is 0.321 e. The van der Waals surface area contributed by atoms with Crippen LogP contribution in [0.4, 0.5) is 16.2 Å². The number of amides is 3. The minimum absolute atomic E-state index is 0.116. The van der Waals surface area contributed by atoms with Crippen molar-refractivity contribution in [3.8, 4) is 0 Å². The number of nitrogens with one attached hydrogen (secondary N) is 2. The summed E-state index contributed by atoms with van der Waals surface area (Å²) in [6.45, 7) is 5.22. The van der Waals surface area contributed by atoms with Gasteiger partial charge in [0.25, 0.3) is 0 Å². The van der Waals surface area contributed by atoms with E-state index in [9.17, 15) is 9.59 Å². The van der Waals surface area contributed by atoms with Gasteiger partial charge in [0, 0.05) is 24.5 Å². The predicted octanol–water partition coefficient (Wildman–Crippen LogP) is 1.53. The van der Waals surface area contributed by atoms with Gasteiger partial charge in [-0.3, -0.25) is 9.69 Å². The molecule has 21 heavy (non-hydrogen) atoms. The average molecular weight is 290 g/mol. The lowest BCUT2D eigenvalue weighted by molar-refractivity contribution is -0.118. The molecule has 1 aliphatic rings. The maximum Gasteiger partial charge on any atom is 0.321 e. The molecule has 1 saturated heterocycles. The van der Waals surface area contributed by atoms with Crippen LogP contribution in [0.3, 0.4) is 0 Å². The molecule has 2 rings (SSSR count). The molecule has 114 valence electrons. The highest BCUT2D eigenvalue weighted by Crippen LogP contribution is 2.21. The van der Waals surface area contributed by atoms with Gasteiger partial charge in [-0.15, -0.1) is 0 Å². The van der Waals surface area contributed by atoms with Crippen LogP contribution in [0.1, 0.15) is 20.3 Å². The van der Waals surface area contributed by atoms with Crippen molar-refractivity contribution in [3.63, 3.8) is 0 Å². The zero-order chi connectivity index (χ0) is 15.4. The molecule has 0 aromatic heterocycles. The Labute approximate surface area is 124 Å². The summed E-state index contributed by atoms with van der Waals surface area (Å²) in [6.07, 6.45) is 0.850. The van der Waals surface area contributed by atoms with E-state index in [4.69, 9.17) is 5.73 Å². The molecule has 0 bridgehead atoms. The molecular weight excluding hydrogens is 268 g/mol. The molecule has 6 nitrogen and oxygen atoms in total. The summed E-state index contributed by atoms with van der Waals surface area (Å²) in [4.78, 5) is 25.4. The normalized spacial score (nSPS) is 17.3. The van der Waals surface area contributed by atoms with E-state index in [-0.39, 0.29) is 17.9 Å². The summed E-state index contributed by atoms with van der Waals surface area (Å²) in [5, 5.41) is 5.56. The van der Waals surface area contributed by atoms with E-state index in [0.29, 0.717) is 18.8 Å². The molecule has 1 aliphatic heterocycles. The van der Waals surface area contributed by atoms with Gasteiger partial charge in [0.2, 0.25) is 5.91 Å². The standard InChI is InChI=1S/C15H22N4O2/c1-3-10(2)13(16)14(20)18-11-5-4-6-12(9-11)19-8-7-17-15(19)21/h4-6,9-10,13H,3,7-8,16H2,1-2H3,(H,17,21)(H,18,20). The Hall–Kier alpha value is -2.08. The number of hydrogen-bond acceptors (Lipinski definition) is 3. The third-order valence-corrected chi connectivity index (χ3v) is 3.84. The highest BCUT2D eigenvalue weighted by molar-refractivity contribution is 5.97. The van der Waals surface area contributed by atoms with Crippen molar-refractivity contribution in [1.29, 1.82) is 0 Å². The first-order chi connectivity index (χ1) is 10.0. The van der Waals surface area contributed by atoms with Crippen LogP contribution < -0.4 is 21.3 Å². The Bertz CT molecular complexity index is 532. The zero-order valence-corrected chi connectivity index (χ0v) is 12.4. The molecule has 2 unspecified atom stereocenters. The molecule has 4 N–H and O–H groups in total. The second-order valence-corrected chi connectivity index (χ2v) is 5.33. The van der Waals surface area contributed by atoms with E-state index in [1.54, 1.807) is 17.0 Å². The quantitative estimate of drug-likeness (QED) is 0.768. The van der Waals surface area contributed by atoms with Gasteiger partial charge in [-0.25, -0.2) is 4.79 Å². The Morgan fingerprint density at radius 2 is 2.29 bits per heavy atom. The monoisotopic (exact) mass is 290 g/mol. The van der Waals surface area contributed by atoms with E-state index in [2.05, 4.69) is 10.6 Å². The number of benzene rings is 1. The first-order valence-electron chi connectivity index (χ1n) is 7.24. The molecule has 0 saturated carbocycles. The first kappa shape index (κ1) is 15.3. The molecule has 2 atom stereocenters. The summed E-state index contributed by atoms with van der Waals surface area (Å²) in [5.41, 5.74) is 7.33. The van der Waals surface area contributed by atoms with Crippen LogP contribution in [0.5, 0.6) is 0 Å².